The largest absolute Gasteiger partial charge is 0.494 e. The molecule has 0 amide bonds. The number of benzene rings is 2. The van der Waals surface area contributed by atoms with Gasteiger partial charge in [-0.3, -0.25) is 4.21 Å². The molecule has 0 saturated carbocycles. The lowest BCUT2D eigenvalue weighted by molar-refractivity contribution is 0.271. The monoisotopic (exact) mass is 327 g/mol. The molecule has 1 aliphatic heterocycles. The van der Waals surface area contributed by atoms with Crippen LogP contribution in [0.5, 0.6) is 5.75 Å². The van der Waals surface area contributed by atoms with Crippen molar-refractivity contribution in [3.63, 3.8) is 0 Å². The highest BCUT2D eigenvalue weighted by atomic mass is 32.2. The SMILES string of the molecule is O=S(Cc1ccccc1)C1=CCN1CCCOc1ccccc1. The molecule has 0 fully saturated rings. The van der Waals surface area contributed by atoms with Crippen LogP contribution in [-0.4, -0.2) is 28.8 Å². The molecule has 0 bridgehead atoms. The fourth-order valence-corrected chi connectivity index (χ4v) is 3.85. The predicted molar refractivity (Wildman–Crippen MR) is 94.5 cm³/mol. The maximum atomic E-state index is 12.4. The van der Waals surface area contributed by atoms with Crippen molar-refractivity contribution in [1.82, 2.24) is 4.90 Å². The van der Waals surface area contributed by atoms with E-state index in [1.165, 1.54) is 0 Å². The summed E-state index contributed by atoms with van der Waals surface area (Å²) in [4.78, 5) is 2.19. The van der Waals surface area contributed by atoms with Crippen molar-refractivity contribution >= 4 is 10.8 Å². The van der Waals surface area contributed by atoms with Crippen molar-refractivity contribution in [2.75, 3.05) is 19.7 Å². The van der Waals surface area contributed by atoms with E-state index in [-0.39, 0.29) is 0 Å². The Morgan fingerprint density at radius 3 is 2.35 bits per heavy atom. The minimum Gasteiger partial charge on any atom is -0.494 e. The highest BCUT2D eigenvalue weighted by molar-refractivity contribution is 7.88. The first-order valence-electron chi connectivity index (χ1n) is 7.88. The van der Waals surface area contributed by atoms with Gasteiger partial charge in [-0.15, -0.1) is 0 Å². The van der Waals surface area contributed by atoms with Crippen LogP contribution in [0.3, 0.4) is 0 Å². The quantitative estimate of drug-likeness (QED) is 0.694. The minimum atomic E-state index is -0.954. The fourth-order valence-electron chi connectivity index (χ4n) is 2.50. The Kier molecular flexibility index (Phi) is 5.48. The second kappa shape index (κ2) is 7.97. The fraction of sp³-hybridized carbons (Fsp3) is 0.263. The van der Waals surface area contributed by atoms with E-state index < -0.39 is 10.8 Å². The molecular weight excluding hydrogens is 306 g/mol. The van der Waals surface area contributed by atoms with Gasteiger partial charge in [0.15, 0.2) is 0 Å². The Morgan fingerprint density at radius 1 is 1.00 bits per heavy atom. The van der Waals surface area contributed by atoms with Crippen LogP contribution in [0.1, 0.15) is 12.0 Å². The van der Waals surface area contributed by atoms with Crippen LogP contribution in [-0.2, 0) is 16.6 Å². The smallest absolute Gasteiger partial charge is 0.119 e. The van der Waals surface area contributed by atoms with E-state index >= 15 is 0 Å². The number of hydrogen-bond acceptors (Lipinski definition) is 3. The number of ether oxygens (including phenoxy) is 1. The second-order valence-corrected chi connectivity index (χ2v) is 6.88. The lowest BCUT2D eigenvalue weighted by Crippen LogP contribution is -2.35. The molecule has 3 nitrogen and oxygen atoms in total. The number of hydrogen-bond donors (Lipinski definition) is 0. The highest BCUT2D eigenvalue weighted by Gasteiger charge is 2.22. The zero-order chi connectivity index (χ0) is 15.9. The van der Waals surface area contributed by atoms with Crippen molar-refractivity contribution in [3.05, 3.63) is 77.3 Å². The Bertz CT molecular complexity index is 670. The Balaban J connectivity index is 1.40. The summed E-state index contributed by atoms with van der Waals surface area (Å²) in [6.07, 6.45) is 2.99. The van der Waals surface area contributed by atoms with Crippen LogP contribution in [0.25, 0.3) is 0 Å². The normalized spacial score (nSPS) is 14.8. The molecule has 1 heterocycles. The summed E-state index contributed by atoms with van der Waals surface area (Å²) in [5.74, 6) is 1.49. The molecule has 0 radical (unpaired) electrons. The molecule has 0 spiro atoms. The van der Waals surface area contributed by atoms with Gasteiger partial charge in [0.1, 0.15) is 10.8 Å². The van der Waals surface area contributed by atoms with Gasteiger partial charge in [0.2, 0.25) is 0 Å². The predicted octanol–water partition coefficient (Wildman–Crippen LogP) is 3.56. The molecule has 23 heavy (non-hydrogen) atoms. The van der Waals surface area contributed by atoms with Gasteiger partial charge in [-0.2, -0.15) is 0 Å². The second-order valence-electron chi connectivity index (χ2n) is 5.48. The summed E-state index contributed by atoms with van der Waals surface area (Å²) in [6.45, 7) is 2.46. The minimum absolute atomic E-state index is 0.587. The van der Waals surface area contributed by atoms with Gasteiger partial charge in [0.25, 0.3) is 0 Å². The van der Waals surface area contributed by atoms with Crippen molar-refractivity contribution in [3.8, 4) is 5.75 Å². The third-order valence-corrected chi connectivity index (χ3v) is 5.24. The maximum Gasteiger partial charge on any atom is 0.119 e. The average molecular weight is 327 g/mol. The molecule has 0 N–H and O–H groups in total. The molecular formula is C19H21NO2S. The van der Waals surface area contributed by atoms with E-state index in [4.69, 9.17) is 4.74 Å². The summed E-state index contributed by atoms with van der Waals surface area (Å²) in [7, 11) is -0.954. The van der Waals surface area contributed by atoms with Crippen LogP contribution in [0.2, 0.25) is 0 Å². The lowest BCUT2D eigenvalue weighted by Gasteiger charge is -2.32. The number of rotatable bonds is 8. The molecule has 0 saturated heterocycles. The van der Waals surface area contributed by atoms with Crippen LogP contribution in [0.4, 0.5) is 0 Å². The van der Waals surface area contributed by atoms with Gasteiger partial charge in [-0.25, -0.2) is 0 Å². The van der Waals surface area contributed by atoms with Crippen molar-refractivity contribution in [2.24, 2.45) is 0 Å². The van der Waals surface area contributed by atoms with E-state index in [1.807, 2.05) is 60.7 Å². The summed E-state index contributed by atoms with van der Waals surface area (Å²) >= 11 is 0. The van der Waals surface area contributed by atoms with Gasteiger partial charge < -0.3 is 9.64 Å². The number of para-hydroxylation sites is 1. The summed E-state index contributed by atoms with van der Waals surface area (Å²) in [5, 5.41) is 0.966. The summed E-state index contributed by atoms with van der Waals surface area (Å²) < 4.78 is 18.1. The summed E-state index contributed by atoms with van der Waals surface area (Å²) in [5.41, 5.74) is 1.12. The van der Waals surface area contributed by atoms with Crippen LogP contribution >= 0.6 is 0 Å². The van der Waals surface area contributed by atoms with Crippen molar-refractivity contribution in [2.45, 2.75) is 12.2 Å². The van der Waals surface area contributed by atoms with E-state index in [1.54, 1.807) is 0 Å². The molecule has 1 unspecified atom stereocenters. The van der Waals surface area contributed by atoms with Gasteiger partial charge in [0.05, 0.1) is 23.2 Å². The molecule has 0 aliphatic carbocycles. The van der Waals surface area contributed by atoms with Gasteiger partial charge >= 0.3 is 0 Å². The summed E-state index contributed by atoms with van der Waals surface area (Å²) in [6, 6.07) is 19.8. The standard InChI is InChI=1S/C19H21NO2S/c21-23(16-17-8-3-1-4-9-17)19-12-14-20(19)13-7-15-22-18-10-5-2-6-11-18/h1-6,8-12H,7,13-16H2. The van der Waals surface area contributed by atoms with Gasteiger partial charge in [-0.1, -0.05) is 48.5 Å². The van der Waals surface area contributed by atoms with Gasteiger partial charge in [-0.05, 0) is 30.2 Å². The van der Waals surface area contributed by atoms with E-state index in [9.17, 15) is 4.21 Å². The topological polar surface area (TPSA) is 29.5 Å². The van der Waals surface area contributed by atoms with Gasteiger partial charge in [0, 0.05) is 13.1 Å². The highest BCUT2D eigenvalue weighted by Crippen LogP contribution is 2.21. The first-order valence-corrected chi connectivity index (χ1v) is 9.20. The number of nitrogens with zero attached hydrogens (tertiary/aromatic N) is 1. The maximum absolute atomic E-state index is 12.4. The van der Waals surface area contributed by atoms with Crippen molar-refractivity contribution in [1.29, 1.82) is 0 Å². The van der Waals surface area contributed by atoms with Crippen LogP contribution < -0.4 is 4.74 Å². The van der Waals surface area contributed by atoms with Crippen molar-refractivity contribution < 1.29 is 8.95 Å². The first kappa shape index (κ1) is 15.8. The lowest BCUT2D eigenvalue weighted by atomic mass is 10.2. The van der Waals surface area contributed by atoms with Crippen LogP contribution in [0, 0.1) is 0 Å². The zero-order valence-electron chi connectivity index (χ0n) is 13.1. The molecule has 0 aromatic heterocycles. The van der Waals surface area contributed by atoms with E-state index in [0.717, 1.165) is 35.9 Å². The third kappa shape index (κ3) is 4.45. The molecule has 2 aromatic rings. The molecule has 120 valence electrons. The Morgan fingerprint density at radius 2 is 1.70 bits per heavy atom. The third-order valence-electron chi connectivity index (χ3n) is 3.76. The zero-order valence-corrected chi connectivity index (χ0v) is 13.9. The molecule has 1 aliphatic rings. The van der Waals surface area contributed by atoms with E-state index in [2.05, 4.69) is 11.0 Å². The Hall–Kier alpha value is -2.07. The molecule has 4 heteroatoms. The molecule has 2 aromatic carbocycles. The Labute approximate surface area is 140 Å². The molecule has 1 atom stereocenters. The van der Waals surface area contributed by atoms with Crippen LogP contribution in [0.15, 0.2) is 71.8 Å². The van der Waals surface area contributed by atoms with E-state index in [0.29, 0.717) is 12.4 Å². The average Bonchev–Trinajstić information content (AvgIpc) is 2.55. The first-order chi connectivity index (χ1) is 11.3. The molecule has 3 rings (SSSR count).